The molecule has 1 aliphatic rings. The standard InChI is InChI=1S/C20H23ClN2O2/c1-15-10-19(13-22(15)12-16-6-3-2-4-7-16)23(14-20(24)25)18-9-5-8-17(21)11-18/h2-9,11,15,19H,10,12-14H2,1H3,(H,24,25). The average Bonchev–Trinajstić information content (AvgIpc) is 2.94. The summed E-state index contributed by atoms with van der Waals surface area (Å²) < 4.78 is 0. The fourth-order valence-electron chi connectivity index (χ4n) is 3.56. The van der Waals surface area contributed by atoms with Crippen LogP contribution in [0, 0.1) is 0 Å². The molecule has 4 nitrogen and oxygen atoms in total. The summed E-state index contributed by atoms with van der Waals surface area (Å²) in [6.07, 6.45) is 0.937. The van der Waals surface area contributed by atoms with Crippen molar-refractivity contribution in [3.8, 4) is 0 Å². The molecule has 25 heavy (non-hydrogen) atoms. The van der Waals surface area contributed by atoms with Gasteiger partial charge in [0, 0.05) is 35.9 Å². The van der Waals surface area contributed by atoms with Gasteiger partial charge < -0.3 is 10.0 Å². The van der Waals surface area contributed by atoms with Crippen molar-refractivity contribution in [1.29, 1.82) is 0 Å². The quantitative estimate of drug-likeness (QED) is 0.850. The van der Waals surface area contributed by atoms with Gasteiger partial charge in [0.25, 0.3) is 0 Å². The summed E-state index contributed by atoms with van der Waals surface area (Å²) in [5.41, 5.74) is 2.15. The third-order valence-electron chi connectivity index (χ3n) is 4.80. The number of likely N-dealkylation sites (tertiary alicyclic amines) is 1. The predicted molar refractivity (Wildman–Crippen MR) is 101 cm³/mol. The van der Waals surface area contributed by atoms with Gasteiger partial charge in [-0.05, 0) is 37.1 Å². The number of aliphatic carboxylic acids is 1. The zero-order valence-electron chi connectivity index (χ0n) is 14.3. The van der Waals surface area contributed by atoms with E-state index in [4.69, 9.17) is 11.6 Å². The van der Waals surface area contributed by atoms with Crippen molar-refractivity contribution in [3.63, 3.8) is 0 Å². The first-order chi connectivity index (χ1) is 12.0. The van der Waals surface area contributed by atoms with Crippen molar-refractivity contribution in [2.45, 2.75) is 32.0 Å². The number of halogens is 1. The second-order valence-corrected chi connectivity index (χ2v) is 7.09. The highest BCUT2D eigenvalue weighted by Crippen LogP contribution is 2.29. The first-order valence-corrected chi connectivity index (χ1v) is 8.92. The Hall–Kier alpha value is -2.04. The molecule has 2 atom stereocenters. The highest BCUT2D eigenvalue weighted by atomic mass is 35.5. The number of carboxylic acids is 1. The van der Waals surface area contributed by atoms with Gasteiger partial charge in [-0.3, -0.25) is 9.69 Å². The summed E-state index contributed by atoms with van der Waals surface area (Å²) in [4.78, 5) is 15.8. The molecule has 5 heteroatoms. The van der Waals surface area contributed by atoms with Crippen molar-refractivity contribution in [2.24, 2.45) is 0 Å². The van der Waals surface area contributed by atoms with Crippen molar-refractivity contribution in [3.05, 3.63) is 65.2 Å². The minimum atomic E-state index is -0.825. The van der Waals surface area contributed by atoms with Gasteiger partial charge in [0.15, 0.2) is 0 Å². The molecule has 2 aromatic rings. The highest BCUT2D eigenvalue weighted by Gasteiger charge is 2.33. The Labute approximate surface area is 153 Å². The van der Waals surface area contributed by atoms with Gasteiger partial charge in [-0.15, -0.1) is 0 Å². The molecule has 2 aromatic carbocycles. The summed E-state index contributed by atoms with van der Waals surface area (Å²) in [5, 5.41) is 9.98. The Morgan fingerprint density at radius 2 is 2.00 bits per heavy atom. The molecule has 2 unspecified atom stereocenters. The van der Waals surface area contributed by atoms with E-state index in [-0.39, 0.29) is 12.6 Å². The van der Waals surface area contributed by atoms with E-state index < -0.39 is 5.97 Å². The van der Waals surface area contributed by atoms with E-state index in [1.165, 1.54) is 5.56 Å². The molecule has 132 valence electrons. The number of rotatable bonds is 6. The number of benzene rings is 2. The molecular weight excluding hydrogens is 336 g/mol. The van der Waals surface area contributed by atoms with Crippen molar-refractivity contribution >= 4 is 23.3 Å². The second kappa shape index (κ2) is 7.89. The number of hydrogen-bond acceptors (Lipinski definition) is 3. The lowest BCUT2D eigenvalue weighted by Crippen LogP contribution is -2.41. The van der Waals surface area contributed by atoms with E-state index >= 15 is 0 Å². The molecule has 0 bridgehead atoms. The van der Waals surface area contributed by atoms with Crippen LogP contribution in [-0.4, -0.2) is 41.1 Å². The minimum Gasteiger partial charge on any atom is -0.480 e. The Bertz CT molecular complexity index is 723. The van der Waals surface area contributed by atoms with Crippen LogP contribution in [-0.2, 0) is 11.3 Å². The SMILES string of the molecule is CC1CC(N(CC(=O)O)c2cccc(Cl)c2)CN1Cc1ccccc1. The van der Waals surface area contributed by atoms with E-state index in [0.29, 0.717) is 11.1 Å². The third-order valence-corrected chi connectivity index (χ3v) is 5.03. The number of anilines is 1. The Balaban J connectivity index is 1.76. The average molecular weight is 359 g/mol. The van der Waals surface area contributed by atoms with Crippen LogP contribution in [0.4, 0.5) is 5.69 Å². The Morgan fingerprint density at radius 3 is 2.68 bits per heavy atom. The maximum Gasteiger partial charge on any atom is 0.323 e. The number of hydrogen-bond donors (Lipinski definition) is 1. The Morgan fingerprint density at radius 1 is 1.24 bits per heavy atom. The molecule has 1 heterocycles. The zero-order valence-corrected chi connectivity index (χ0v) is 15.1. The van der Waals surface area contributed by atoms with Crippen LogP contribution < -0.4 is 4.90 Å². The molecule has 3 rings (SSSR count). The van der Waals surface area contributed by atoms with Crippen LogP contribution >= 0.6 is 11.6 Å². The topological polar surface area (TPSA) is 43.8 Å². The first kappa shape index (κ1) is 17.8. The van der Waals surface area contributed by atoms with Gasteiger partial charge in [0.2, 0.25) is 0 Å². The van der Waals surface area contributed by atoms with E-state index in [0.717, 1.165) is 25.2 Å². The molecule has 0 aliphatic carbocycles. The van der Waals surface area contributed by atoms with Gasteiger partial charge in [-0.1, -0.05) is 48.0 Å². The lowest BCUT2D eigenvalue weighted by Gasteiger charge is -2.30. The monoisotopic (exact) mass is 358 g/mol. The summed E-state index contributed by atoms with van der Waals surface area (Å²) in [6, 6.07) is 18.4. The smallest absolute Gasteiger partial charge is 0.323 e. The van der Waals surface area contributed by atoms with Gasteiger partial charge in [0.05, 0.1) is 0 Å². The van der Waals surface area contributed by atoms with Gasteiger partial charge in [-0.25, -0.2) is 0 Å². The minimum absolute atomic E-state index is 0.0170. The summed E-state index contributed by atoms with van der Waals surface area (Å²) in [6.45, 7) is 3.92. The lowest BCUT2D eigenvalue weighted by atomic mass is 10.1. The van der Waals surface area contributed by atoms with E-state index in [2.05, 4.69) is 36.1 Å². The summed E-state index contributed by atoms with van der Waals surface area (Å²) in [5.74, 6) is -0.825. The molecule has 0 spiro atoms. The molecule has 0 aromatic heterocycles. The molecular formula is C20H23ClN2O2. The van der Waals surface area contributed by atoms with Gasteiger partial charge >= 0.3 is 5.97 Å². The largest absolute Gasteiger partial charge is 0.480 e. The van der Waals surface area contributed by atoms with Crippen molar-refractivity contribution in [2.75, 3.05) is 18.0 Å². The third kappa shape index (κ3) is 4.53. The molecule has 1 saturated heterocycles. The van der Waals surface area contributed by atoms with Crippen LogP contribution in [0.1, 0.15) is 18.9 Å². The molecule has 1 N–H and O–H groups in total. The second-order valence-electron chi connectivity index (χ2n) is 6.66. The molecule has 0 saturated carbocycles. The molecule has 0 amide bonds. The first-order valence-electron chi connectivity index (χ1n) is 8.55. The van der Waals surface area contributed by atoms with Crippen molar-refractivity contribution in [1.82, 2.24) is 4.90 Å². The van der Waals surface area contributed by atoms with Crippen LogP contribution in [0.2, 0.25) is 5.02 Å². The highest BCUT2D eigenvalue weighted by molar-refractivity contribution is 6.30. The summed E-state index contributed by atoms with van der Waals surface area (Å²) >= 11 is 6.11. The van der Waals surface area contributed by atoms with Gasteiger partial charge in [-0.2, -0.15) is 0 Å². The zero-order chi connectivity index (χ0) is 17.8. The number of carbonyl (C=O) groups is 1. The molecule has 1 fully saturated rings. The van der Waals surface area contributed by atoms with Crippen LogP contribution in [0.3, 0.4) is 0 Å². The van der Waals surface area contributed by atoms with E-state index in [9.17, 15) is 9.90 Å². The lowest BCUT2D eigenvalue weighted by molar-refractivity contribution is -0.135. The molecule has 1 aliphatic heterocycles. The van der Waals surface area contributed by atoms with Crippen molar-refractivity contribution < 1.29 is 9.90 Å². The van der Waals surface area contributed by atoms with Crippen LogP contribution in [0.25, 0.3) is 0 Å². The van der Waals surface area contributed by atoms with Gasteiger partial charge in [0.1, 0.15) is 6.54 Å². The van der Waals surface area contributed by atoms with E-state index in [1.54, 1.807) is 0 Å². The summed E-state index contributed by atoms with van der Waals surface area (Å²) in [7, 11) is 0. The predicted octanol–water partition coefficient (Wildman–Crippen LogP) is 3.89. The Kier molecular flexibility index (Phi) is 5.61. The number of carboxylic acid groups (broad SMARTS) is 1. The van der Waals surface area contributed by atoms with Crippen LogP contribution in [0.5, 0.6) is 0 Å². The fourth-order valence-corrected chi connectivity index (χ4v) is 3.75. The maximum absolute atomic E-state index is 11.4. The fraction of sp³-hybridized carbons (Fsp3) is 0.350. The van der Waals surface area contributed by atoms with E-state index in [1.807, 2.05) is 35.2 Å². The van der Waals surface area contributed by atoms with Crippen LogP contribution in [0.15, 0.2) is 54.6 Å². The maximum atomic E-state index is 11.4. The number of nitrogens with zero attached hydrogens (tertiary/aromatic N) is 2. The normalized spacial score (nSPS) is 20.6. The molecule has 0 radical (unpaired) electrons.